The Labute approximate surface area is 469 Å². The molecule has 0 spiro atoms. The summed E-state index contributed by atoms with van der Waals surface area (Å²) < 4.78 is 9.97. The highest BCUT2D eigenvalue weighted by Crippen LogP contribution is 2.38. The molecule has 0 aliphatic carbocycles. The lowest BCUT2D eigenvalue weighted by Gasteiger charge is -2.29. The third kappa shape index (κ3) is 16.7. The molecule has 19 nitrogen and oxygen atoms in total. The molecule has 81 heavy (non-hydrogen) atoms. The van der Waals surface area contributed by atoms with E-state index in [2.05, 4.69) is 101 Å². The zero-order valence-corrected chi connectivity index (χ0v) is 44.9. The van der Waals surface area contributed by atoms with Gasteiger partial charge in [-0.05, 0) is 132 Å². The van der Waals surface area contributed by atoms with Gasteiger partial charge in [0.25, 0.3) is 5.91 Å². The van der Waals surface area contributed by atoms with E-state index in [9.17, 15) is 19.3 Å². The average Bonchev–Trinajstić information content (AvgIpc) is 3.49. The number of carbonyl (C=O) groups is 3. The summed E-state index contributed by atoms with van der Waals surface area (Å²) in [7, 11) is 5.55. The number of rotatable bonds is 14. The minimum atomic E-state index is -0.400. The number of methoxy groups -OCH3 is 1. The first-order valence-corrected chi connectivity index (χ1v) is 25.2. The molecule has 2 aliphatic rings. The SMILES string of the molecule is C#Cc1ccc(C2Nc3cccc4cccc(c34)N2)cc1.CCOC(=O)c1cccc(NC(=O)c2ccccc2)c1.CN(C)c1ccc(/C=N/Nc2nc(N)nc(N)n2)cc1.COc1ccc(C(=O)CN2C=CC=CC2=CN=O)cc1. The van der Waals surface area contributed by atoms with Crippen LogP contribution >= 0.6 is 0 Å². The predicted molar refractivity (Wildman–Crippen MR) is 322 cm³/mol. The average molecular weight is 1080 g/mol. The van der Waals surface area contributed by atoms with Crippen LogP contribution in [0.3, 0.4) is 0 Å². The van der Waals surface area contributed by atoms with Crippen molar-refractivity contribution in [3.05, 3.63) is 238 Å². The van der Waals surface area contributed by atoms with Gasteiger partial charge in [0.05, 0.1) is 43.9 Å². The number of esters is 1. The molecule has 0 bridgehead atoms. The Bertz CT molecular complexity index is 3560. The minimum absolute atomic E-state index is 0.0468. The number of nitrogen functional groups attached to an aromatic ring is 2. The summed E-state index contributed by atoms with van der Waals surface area (Å²) in [5.74, 6) is 2.98. The lowest BCUT2D eigenvalue weighted by atomic mass is 10.0. The molecular weight excluding hydrogens is 1020 g/mol. The monoisotopic (exact) mass is 1080 g/mol. The van der Waals surface area contributed by atoms with Gasteiger partial charge in [-0.3, -0.25) is 9.59 Å². The highest BCUT2D eigenvalue weighted by Gasteiger charge is 2.20. The number of carbonyl (C=O) groups excluding carboxylic acids is 3. The second-order valence-electron chi connectivity index (χ2n) is 17.7. The van der Waals surface area contributed by atoms with E-state index >= 15 is 0 Å². The number of nitroso groups, excluding NO2 is 1. The number of Topliss-reactive ketones (excluding diaryl/α,β-unsaturated/α-hetero) is 1. The number of hydrogen-bond donors (Lipinski definition) is 6. The van der Waals surface area contributed by atoms with Gasteiger partial charge in [-0.25, -0.2) is 10.2 Å². The van der Waals surface area contributed by atoms with Crippen molar-refractivity contribution in [2.75, 3.05) is 72.1 Å². The summed E-state index contributed by atoms with van der Waals surface area (Å²) in [5, 5.41) is 19.1. The van der Waals surface area contributed by atoms with E-state index in [4.69, 9.17) is 27.4 Å². The fraction of sp³-hybridized carbons (Fsp3) is 0.113. The lowest BCUT2D eigenvalue weighted by molar-refractivity contribution is 0.0526. The summed E-state index contributed by atoms with van der Waals surface area (Å²) in [4.78, 5) is 61.2. The van der Waals surface area contributed by atoms with Gasteiger partial charge in [0.1, 0.15) is 11.9 Å². The number of hydrogen-bond acceptors (Lipinski definition) is 18. The number of nitrogens with one attached hydrogen (secondary N) is 4. The number of ether oxygens (including phenoxy) is 2. The quantitative estimate of drug-likeness (QED) is 0.0148. The fourth-order valence-corrected chi connectivity index (χ4v) is 7.91. The fourth-order valence-electron chi connectivity index (χ4n) is 7.91. The number of aromatic nitrogens is 3. The molecule has 0 fully saturated rings. The van der Waals surface area contributed by atoms with Gasteiger partial charge in [-0.15, -0.1) is 11.3 Å². The molecule has 10 rings (SSSR count). The number of anilines is 7. The van der Waals surface area contributed by atoms with Crippen LogP contribution in [-0.4, -0.2) is 78.1 Å². The Kier molecular flexibility index (Phi) is 20.5. The first-order chi connectivity index (χ1) is 39.3. The maximum absolute atomic E-state index is 12.2. The van der Waals surface area contributed by atoms with Crippen LogP contribution in [0, 0.1) is 17.3 Å². The summed E-state index contributed by atoms with van der Waals surface area (Å²) in [6.07, 6.45) is 15.3. The third-order valence-electron chi connectivity index (χ3n) is 11.9. The normalized spacial score (nSPS) is 12.3. The van der Waals surface area contributed by atoms with Crippen molar-refractivity contribution in [2.24, 2.45) is 10.3 Å². The summed E-state index contributed by atoms with van der Waals surface area (Å²) in [5.41, 5.74) is 22.7. The molecule has 2 aliphatic heterocycles. The third-order valence-corrected chi connectivity index (χ3v) is 11.9. The lowest BCUT2D eigenvalue weighted by Crippen LogP contribution is -2.25. The van der Waals surface area contributed by atoms with Crippen molar-refractivity contribution in [3.8, 4) is 18.1 Å². The second-order valence-corrected chi connectivity index (χ2v) is 17.7. The van der Waals surface area contributed by atoms with Crippen molar-refractivity contribution < 1.29 is 23.9 Å². The van der Waals surface area contributed by atoms with Crippen molar-refractivity contribution >= 4 is 75.2 Å². The van der Waals surface area contributed by atoms with Gasteiger partial charge in [0.15, 0.2) is 5.78 Å². The van der Waals surface area contributed by atoms with E-state index in [1.165, 1.54) is 22.5 Å². The minimum Gasteiger partial charge on any atom is -0.497 e. The molecule has 8 aromatic rings. The number of ketones is 1. The topological polar surface area (TPSA) is 257 Å². The summed E-state index contributed by atoms with van der Waals surface area (Å²) in [6, 6.07) is 51.1. The molecule has 8 N–H and O–H groups in total. The zero-order valence-electron chi connectivity index (χ0n) is 44.9. The second kappa shape index (κ2) is 28.8. The smallest absolute Gasteiger partial charge is 0.338 e. The Morgan fingerprint density at radius 1 is 0.778 bits per heavy atom. The van der Waals surface area contributed by atoms with Gasteiger partial charge in [0, 0.05) is 65.1 Å². The van der Waals surface area contributed by atoms with Crippen LogP contribution in [-0.2, 0) is 4.74 Å². The largest absolute Gasteiger partial charge is 0.497 e. The van der Waals surface area contributed by atoms with Gasteiger partial charge in [0.2, 0.25) is 17.8 Å². The van der Waals surface area contributed by atoms with E-state index in [0.717, 1.165) is 28.2 Å². The van der Waals surface area contributed by atoms with E-state index < -0.39 is 5.97 Å². The van der Waals surface area contributed by atoms with Crippen LogP contribution in [0.5, 0.6) is 5.75 Å². The van der Waals surface area contributed by atoms with Crippen molar-refractivity contribution in [1.82, 2.24) is 19.9 Å². The standard InChI is InChI=1S/C19H14N2.C16H15NO3.C15H14N2O3.C12H16N8/c1-2-13-9-11-15(12-10-13)19-20-16-7-3-5-14-6-4-8-17(21-19)18(14)16;1-2-20-16(19)13-9-6-10-14(11-13)17-15(18)12-7-4-3-5-8-12;1-20-14-7-5-12(6-8-14)15(18)11-17-9-3-2-4-13(17)10-16-19;1-20(2)9-5-3-8(4-6-9)7-15-19-12-17-10(13)16-11(14)18-12/h1,3-12,19-21H;3-11H,2H2,1H3,(H,17,18);2-10H,11H2,1H3;3-7H,1-2H3,(H5,13,14,16,17,18,19)/b;;;15-7+. The number of allylic oxidation sites excluding steroid dienone is 3. The molecule has 3 heterocycles. The van der Waals surface area contributed by atoms with E-state index in [-0.39, 0.29) is 42.2 Å². The molecule has 0 saturated heterocycles. The van der Waals surface area contributed by atoms with Crippen LogP contribution in [0.4, 0.5) is 40.6 Å². The Balaban J connectivity index is 0.000000156. The zero-order chi connectivity index (χ0) is 57.5. The number of nitrogens with zero attached hydrogens (tertiary/aromatic N) is 7. The number of hydrazone groups is 1. The molecule has 1 aromatic heterocycles. The van der Waals surface area contributed by atoms with Crippen molar-refractivity contribution in [3.63, 3.8) is 0 Å². The van der Waals surface area contributed by atoms with Crippen LogP contribution < -0.4 is 42.5 Å². The van der Waals surface area contributed by atoms with Crippen LogP contribution in [0.25, 0.3) is 10.8 Å². The van der Waals surface area contributed by atoms with Crippen LogP contribution in [0.15, 0.2) is 210 Å². The van der Waals surface area contributed by atoms with Gasteiger partial charge >= 0.3 is 5.97 Å². The molecule has 0 radical (unpaired) electrons. The molecule has 19 heteroatoms. The number of amides is 1. The van der Waals surface area contributed by atoms with Gasteiger partial charge in [-0.2, -0.15) is 20.1 Å². The number of nitrogens with two attached hydrogens (primary N) is 2. The Morgan fingerprint density at radius 3 is 2.05 bits per heavy atom. The highest BCUT2D eigenvalue weighted by atomic mass is 16.5. The number of terminal acetylenes is 1. The Hall–Kier alpha value is -11.1. The number of benzene rings is 7. The van der Waals surface area contributed by atoms with E-state index in [1.54, 1.807) is 122 Å². The van der Waals surface area contributed by atoms with Crippen LogP contribution in [0.2, 0.25) is 0 Å². The molecule has 0 saturated carbocycles. The first kappa shape index (κ1) is 57.6. The van der Waals surface area contributed by atoms with Gasteiger partial charge in [-0.1, -0.05) is 84.8 Å². The van der Waals surface area contributed by atoms with Crippen molar-refractivity contribution in [1.29, 1.82) is 0 Å². The Morgan fingerprint density at radius 2 is 1.43 bits per heavy atom. The molecule has 0 unspecified atom stereocenters. The molecule has 7 aromatic carbocycles. The molecule has 408 valence electrons. The van der Waals surface area contributed by atoms with Crippen molar-refractivity contribution in [2.45, 2.75) is 13.1 Å². The first-order valence-electron chi connectivity index (χ1n) is 25.2. The highest BCUT2D eigenvalue weighted by molar-refractivity contribution is 6.06. The molecule has 0 atom stereocenters. The van der Waals surface area contributed by atoms with Crippen LogP contribution in [0.1, 0.15) is 60.9 Å². The molecule has 1 amide bonds. The van der Waals surface area contributed by atoms with E-state index in [0.29, 0.717) is 40.4 Å². The summed E-state index contributed by atoms with van der Waals surface area (Å²) in [6.45, 7) is 2.22. The maximum Gasteiger partial charge on any atom is 0.338 e. The molecular formula is C62H59N13O6. The maximum atomic E-state index is 12.2. The van der Waals surface area contributed by atoms with E-state index in [1.807, 2.05) is 61.5 Å². The van der Waals surface area contributed by atoms with Gasteiger partial charge < -0.3 is 46.7 Å². The summed E-state index contributed by atoms with van der Waals surface area (Å²) >= 11 is 0. The predicted octanol–water partition coefficient (Wildman–Crippen LogP) is 10.9.